The van der Waals surface area contributed by atoms with Crippen LogP contribution in [0.15, 0.2) is 121 Å². The van der Waals surface area contributed by atoms with Gasteiger partial charge in [0.05, 0.1) is 27.4 Å². The van der Waals surface area contributed by atoms with Crippen molar-refractivity contribution < 1.29 is 29.0 Å². The molecule has 0 aliphatic carbocycles. The highest BCUT2D eigenvalue weighted by molar-refractivity contribution is 8.02. The first-order valence-corrected chi connectivity index (χ1v) is 18.9. The number of aliphatic hydroxyl groups excluding tert-OH is 1. The molecule has 1 aliphatic rings. The van der Waals surface area contributed by atoms with Gasteiger partial charge >= 0.3 is 6.09 Å². The van der Waals surface area contributed by atoms with Gasteiger partial charge in [0.2, 0.25) is 11.8 Å². The van der Waals surface area contributed by atoms with Crippen molar-refractivity contribution in [1.82, 2.24) is 20.5 Å². The van der Waals surface area contributed by atoms with E-state index in [9.17, 15) is 24.6 Å². The SMILES string of the molecule is Cc1ncsc1-c1ccc(CNC(=O)[C@H]2[C@@H](F)[C@@H](O)CN2C(=O)C(NC(=O)O)C(C)(C)SC(c2ccccc2)(c2ccccc2)c2ccccc2)cc1. The summed E-state index contributed by atoms with van der Waals surface area (Å²) < 4.78 is 13.6. The maximum absolute atomic E-state index is 15.7. The number of carbonyl (C=O) groups is 3. The number of halogens is 1. The summed E-state index contributed by atoms with van der Waals surface area (Å²) in [4.78, 5) is 46.9. The summed E-state index contributed by atoms with van der Waals surface area (Å²) >= 11 is 2.90. The van der Waals surface area contributed by atoms with Crippen molar-refractivity contribution in [1.29, 1.82) is 0 Å². The molecule has 1 unspecified atom stereocenters. The van der Waals surface area contributed by atoms with Crippen molar-refractivity contribution in [3.63, 3.8) is 0 Å². The maximum Gasteiger partial charge on any atom is 0.405 e. The van der Waals surface area contributed by atoms with E-state index in [-0.39, 0.29) is 6.54 Å². The molecule has 5 aromatic rings. The fourth-order valence-electron chi connectivity index (χ4n) is 6.93. The third kappa shape index (κ3) is 7.85. The van der Waals surface area contributed by atoms with E-state index in [1.807, 2.05) is 122 Å². The fourth-order valence-corrected chi connectivity index (χ4v) is 9.57. The number of nitrogens with one attached hydrogen (secondary N) is 2. The zero-order valence-corrected chi connectivity index (χ0v) is 31.1. The first kappa shape index (κ1) is 37.7. The molecule has 1 fully saturated rings. The van der Waals surface area contributed by atoms with Crippen LogP contribution in [0.3, 0.4) is 0 Å². The van der Waals surface area contributed by atoms with E-state index in [0.29, 0.717) is 0 Å². The van der Waals surface area contributed by atoms with E-state index in [1.54, 1.807) is 19.4 Å². The molecule has 4 N–H and O–H groups in total. The molecule has 1 aliphatic heterocycles. The Hall–Kier alpha value is -5.04. The number of carbonyl (C=O) groups excluding carboxylic acids is 2. The topological polar surface area (TPSA) is 132 Å². The third-order valence-corrected chi connectivity index (χ3v) is 12.3. The summed E-state index contributed by atoms with van der Waals surface area (Å²) in [5.74, 6) is -1.62. The van der Waals surface area contributed by atoms with Crippen LogP contribution < -0.4 is 10.6 Å². The van der Waals surface area contributed by atoms with Crippen LogP contribution in [0, 0.1) is 6.92 Å². The number of benzene rings is 4. The van der Waals surface area contributed by atoms with Gasteiger partial charge in [0.25, 0.3) is 0 Å². The summed E-state index contributed by atoms with van der Waals surface area (Å²) in [7, 11) is 0. The van der Waals surface area contributed by atoms with Crippen molar-refractivity contribution in [2.75, 3.05) is 6.54 Å². The van der Waals surface area contributed by atoms with Gasteiger partial charge in [0.15, 0.2) is 6.17 Å². The Bertz CT molecular complexity index is 1930. The molecule has 4 aromatic carbocycles. The lowest BCUT2D eigenvalue weighted by atomic mass is 9.84. The van der Waals surface area contributed by atoms with Crippen LogP contribution in [0.5, 0.6) is 0 Å². The van der Waals surface area contributed by atoms with Crippen molar-refractivity contribution in [3.05, 3.63) is 149 Å². The number of thiazole rings is 1. The van der Waals surface area contributed by atoms with Crippen LogP contribution in [-0.2, 0) is 20.9 Å². The van der Waals surface area contributed by atoms with Crippen LogP contribution >= 0.6 is 23.1 Å². The maximum atomic E-state index is 15.7. The van der Waals surface area contributed by atoms with E-state index < -0.39 is 58.3 Å². The number of rotatable bonds is 12. The number of thioether (sulfide) groups is 1. The van der Waals surface area contributed by atoms with Crippen molar-refractivity contribution in [3.8, 4) is 10.4 Å². The van der Waals surface area contributed by atoms with Crippen LogP contribution in [0.4, 0.5) is 9.18 Å². The van der Waals surface area contributed by atoms with Gasteiger partial charge in [-0.1, -0.05) is 115 Å². The smallest absolute Gasteiger partial charge is 0.405 e. The summed E-state index contributed by atoms with van der Waals surface area (Å²) in [5.41, 5.74) is 7.10. The molecular formula is C41H41FN4O5S2. The Morgan fingerprint density at radius 2 is 1.43 bits per heavy atom. The van der Waals surface area contributed by atoms with Gasteiger partial charge in [-0.3, -0.25) is 9.59 Å². The van der Waals surface area contributed by atoms with Gasteiger partial charge in [-0.15, -0.1) is 23.1 Å². The molecule has 274 valence electrons. The number of likely N-dealkylation sites (tertiary alicyclic amines) is 1. The number of aliphatic hydroxyl groups is 1. The Morgan fingerprint density at radius 1 is 0.906 bits per heavy atom. The molecule has 9 nitrogen and oxygen atoms in total. The van der Waals surface area contributed by atoms with Gasteiger partial charge in [-0.25, -0.2) is 14.2 Å². The number of aryl methyl sites for hydroxylation is 1. The lowest BCUT2D eigenvalue weighted by molar-refractivity contribution is -0.141. The quantitative estimate of drug-likeness (QED) is 0.103. The number of nitrogens with zero attached hydrogens (tertiary/aromatic N) is 2. The number of aromatic nitrogens is 1. The molecule has 0 spiro atoms. The normalized spacial score (nSPS) is 18.0. The summed E-state index contributed by atoms with van der Waals surface area (Å²) in [6.07, 6.45) is -5.19. The van der Waals surface area contributed by atoms with Crippen LogP contribution in [0.1, 0.15) is 41.8 Å². The molecule has 53 heavy (non-hydrogen) atoms. The predicted octanol–water partition coefficient (Wildman–Crippen LogP) is 6.78. The van der Waals surface area contributed by atoms with E-state index >= 15 is 4.39 Å². The zero-order chi connectivity index (χ0) is 37.8. The number of alkyl halides is 1. The second kappa shape index (κ2) is 15.9. The number of carboxylic acid groups (broad SMARTS) is 1. The Balaban J connectivity index is 1.31. The average Bonchev–Trinajstić information content (AvgIpc) is 3.74. The van der Waals surface area contributed by atoms with Crippen LogP contribution in [0.2, 0.25) is 0 Å². The number of hydrogen-bond donors (Lipinski definition) is 4. The highest BCUT2D eigenvalue weighted by Gasteiger charge is 2.53. The lowest BCUT2D eigenvalue weighted by Crippen LogP contribution is -2.61. The van der Waals surface area contributed by atoms with E-state index in [2.05, 4.69) is 15.6 Å². The van der Waals surface area contributed by atoms with E-state index in [0.717, 1.165) is 43.3 Å². The first-order chi connectivity index (χ1) is 25.4. The highest BCUT2D eigenvalue weighted by Crippen LogP contribution is 2.54. The largest absolute Gasteiger partial charge is 0.465 e. The Morgan fingerprint density at radius 3 is 1.91 bits per heavy atom. The molecule has 0 bridgehead atoms. The minimum atomic E-state index is -2.09. The third-order valence-electron chi connectivity index (χ3n) is 9.54. The van der Waals surface area contributed by atoms with Gasteiger partial charge in [-0.05, 0) is 48.6 Å². The zero-order valence-electron chi connectivity index (χ0n) is 29.5. The number of β-amino-alcohol motifs (C(OH)–C–C–N with tert-alkyl or cyclic N) is 1. The van der Waals surface area contributed by atoms with Gasteiger partial charge < -0.3 is 25.7 Å². The molecule has 3 amide bonds. The average molecular weight is 753 g/mol. The number of hydrogen-bond acceptors (Lipinski definition) is 7. The van der Waals surface area contributed by atoms with Crippen LogP contribution in [-0.4, -0.2) is 73.7 Å². The Labute approximate surface area is 316 Å². The van der Waals surface area contributed by atoms with Gasteiger partial charge in [0.1, 0.15) is 18.2 Å². The summed E-state index contributed by atoms with van der Waals surface area (Å²) in [6.45, 7) is 5.01. The second-order valence-corrected chi connectivity index (χ2v) is 16.2. The lowest BCUT2D eigenvalue weighted by Gasteiger charge is -2.44. The second-order valence-electron chi connectivity index (χ2n) is 13.5. The monoisotopic (exact) mass is 752 g/mol. The first-order valence-electron chi connectivity index (χ1n) is 17.2. The van der Waals surface area contributed by atoms with Gasteiger partial charge in [-0.2, -0.15) is 0 Å². The minimum Gasteiger partial charge on any atom is -0.465 e. The molecule has 4 atom stereocenters. The molecular weight excluding hydrogens is 712 g/mol. The summed E-state index contributed by atoms with van der Waals surface area (Å²) in [6, 6.07) is 33.6. The molecule has 6 rings (SSSR count). The van der Waals surface area contributed by atoms with E-state index in [1.165, 1.54) is 23.1 Å². The predicted molar refractivity (Wildman–Crippen MR) is 206 cm³/mol. The van der Waals surface area contributed by atoms with Crippen molar-refractivity contribution in [2.45, 2.75) is 61.2 Å². The van der Waals surface area contributed by atoms with Crippen molar-refractivity contribution in [2.24, 2.45) is 0 Å². The summed E-state index contributed by atoms with van der Waals surface area (Å²) in [5, 5.41) is 25.9. The van der Waals surface area contributed by atoms with Gasteiger partial charge in [0, 0.05) is 11.3 Å². The molecule has 1 saturated heterocycles. The minimum absolute atomic E-state index is 0.0496. The standard InChI is InChI=1S/C41H41FN4O5S2/c1-26-35(52-25-44-26)28-21-19-27(20-22-28)23-43-37(48)34-33(42)32(47)24-46(34)38(49)36(45-39(50)51)40(2,3)53-41(29-13-7-4-8-14-29,30-15-9-5-10-16-30)31-17-11-6-12-18-31/h4-22,25,32-34,36,45,47H,23-24H2,1-3H3,(H,43,48)(H,50,51)/t32-,33-,34+,36?/m0/s1. The fraction of sp³-hybridized carbons (Fsp3) is 0.268. The molecule has 1 aromatic heterocycles. The molecule has 2 heterocycles. The Kier molecular flexibility index (Phi) is 11.3. The molecule has 0 saturated carbocycles. The highest BCUT2D eigenvalue weighted by atomic mass is 32.2. The molecule has 0 radical (unpaired) electrons. The van der Waals surface area contributed by atoms with Crippen molar-refractivity contribution >= 4 is 41.0 Å². The van der Waals surface area contributed by atoms with Crippen LogP contribution in [0.25, 0.3) is 10.4 Å². The molecule has 12 heteroatoms. The number of amides is 3. The van der Waals surface area contributed by atoms with E-state index in [4.69, 9.17) is 0 Å².